The van der Waals surface area contributed by atoms with E-state index in [4.69, 9.17) is 4.74 Å². The summed E-state index contributed by atoms with van der Waals surface area (Å²) in [5, 5.41) is 2.83. The Morgan fingerprint density at radius 2 is 1.76 bits per heavy atom. The fourth-order valence-corrected chi connectivity index (χ4v) is 2.96. The first-order valence-electron chi connectivity index (χ1n) is 8.55. The third-order valence-corrected chi connectivity index (χ3v) is 4.34. The summed E-state index contributed by atoms with van der Waals surface area (Å²) in [7, 11) is 1.61. The Labute approximate surface area is 148 Å². The van der Waals surface area contributed by atoms with Crippen molar-refractivity contribution in [2.24, 2.45) is 0 Å². The van der Waals surface area contributed by atoms with Gasteiger partial charge in [-0.1, -0.05) is 18.2 Å². The van der Waals surface area contributed by atoms with Gasteiger partial charge in [-0.2, -0.15) is 0 Å². The number of hydrogen-bond acceptors (Lipinski definition) is 5. The Balaban J connectivity index is 1.60. The molecule has 2 heterocycles. The Kier molecular flexibility index (Phi) is 5.85. The summed E-state index contributed by atoms with van der Waals surface area (Å²) in [5.74, 6) is -0.116. The molecule has 6 heteroatoms. The molecule has 1 aliphatic heterocycles. The molecule has 6 nitrogen and oxygen atoms in total. The smallest absolute Gasteiger partial charge is 0.253 e. The second-order valence-electron chi connectivity index (χ2n) is 5.99. The van der Waals surface area contributed by atoms with Gasteiger partial charge in [-0.05, 0) is 18.2 Å². The first-order valence-corrected chi connectivity index (χ1v) is 8.55. The number of carbonyl (C=O) groups is 1. The maximum Gasteiger partial charge on any atom is 0.253 e. The number of anilines is 2. The first kappa shape index (κ1) is 17.2. The topological polar surface area (TPSA) is 57.7 Å². The van der Waals surface area contributed by atoms with Crippen LogP contribution in [0.15, 0.2) is 48.8 Å². The summed E-state index contributed by atoms with van der Waals surface area (Å²) in [6.07, 6.45) is 3.43. The molecule has 25 heavy (non-hydrogen) atoms. The van der Waals surface area contributed by atoms with Crippen LogP contribution in [0.4, 0.5) is 11.4 Å². The van der Waals surface area contributed by atoms with Gasteiger partial charge in [0.15, 0.2) is 0 Å². The lowest BCUT2D eigenvalue weighted by molar-refractivity contribution is 0.0937. The standard InChI is InChI=1S/C19H24N4O2/c1-25-12-7-21-19(24)16-13-18(15-20-14-16)23-10-8-22(9-11-23)17-5-3-2-4-6-17/h2-6,13-15H,7-12H2,1H3,(H,21,24). The molecule has 0 bridgehead atoms. The van der Waals surface area contributed by atoms with Crippen molar-refractivity contribution in [1.29, 1.82) is 0 Å². The molecule has 1 aromatic heterocycles. The minimum atomic E-state index is -0.116. The van der Waals surface area contributed by atoms with Crippen LogP contribution in [-0.4, -0.2) is 57.3 Å². The van der Waals surface area contributed by atoms with Crippen molar-refractivity contribution < 1.29 is 9.53 Å². The van der Waals surface area contributed by atoms with Crippen LogP contribution in [0, 0.1) is 0 Å². The maximum atomic E-state index is 12.2. The molecule has 1 saturated heterocycles. The van der Waals surface area contributed by atoms with Crippen molar-refractivity contribution in [3.8, 4) is 0 Å². The predicted octanol–water partition coefficient (Wildman–Crippen LogP) is 1.78. The van der Waals surface area contributed by atoms with E-state index in [2.05, 4.69) is 44.4 Å². The molecule has 0 spiro atoms. The molecule has 1 fully saturated rings. The summed E-state index contributed by atoms with van der Waals surface area (Å²) in [5.41, 5.74) is 2.83. The highest BCUT2D eigenvalue weighted by atomic mass is 16.5. The van der Waals surface area contributed by atoms with Crippen LogP contribution in [0.1, 0.15) is 10.4 Å². The van der Waals surface area contributed by atoms with Gasteiger partial charge in [0.05, 0.1) is 24.1 Å². The monoisotopic (exact) mass is 340 g/mol. The average Bonchev–Trinajstić information content (AvgIpc) is 2.69. The van der Waals surface area contributed by atoms with Crippen molar-refractivity contribution in [2.45, 2.75) is 0 Å². The van der Waals surface area contributed by atoms with Crippen molar-refractivity contribution >= 4 is 17.3 Å². The number of nitrogens with one attached hydrogen (secondary N) is 1. The number of para-hydroxylation sites is 1. The van der Waals surface area contributed by atoms with E-state index < -0.39 is 0 Å². The molecule has 1 amide bonds. The zero-order valence-corrected chi connectivity index (χ0v) is 14.5. The second-order valence-corrected chi connectivity index (χ2v) is 5.99. The van der Waals surface area contributed by atoms with Crippen LogP contribution in [0.5, 0.6) is 0 Å². The number of carbonyl (C=O) groups excluding carboxylic acids is 1. The molecule has 132 valence electrons. The van der Waals surface area contributed by atoms with Crippen molar-refractivity contribution in [3.63, 3.8) is 0 Å². The molecular formula is C19H24N4O2. The molecule has 0 atom stereocenters. The molecule has 0 unspecified atom stereocenters. The number of amides is 1. The number of nitrogens with zero attached hydrogens (tertiary/aromatic N) is 3. The third-order valence-electron chi connectivity index (χ3n) is 4.34. The highest BCUT2D eigenvalue weighted by Gasteiger charge is 2.18. The van der Waals surface area contributed by atoms with Crippen LogP contribution >= 0.6 is 0 Å². The van der Waals surface area contributed by atoms with Crippen LogP contribution in [0.2, 0.25) is 0 Å². The summed E-state index contributed by atoms with van der Waals surface area (Å²) in [6.45, 7) is 4.72. The Morgan fingerprint density at radius 3 is 2.44 bits per heavy atom. The van der Waals surface area contributed by atoms with Crippen molar-refractivity contribution in [3.05, 3.63) is 54.4 Å². The van der Waals surface area contributed by atoms with Gasteiger partial charge in [0, 0.05) is 51.7 Å². The van der Waals surface area contributed by atoms with Gasteiger partial charge in [-0.3, -0.25) is 9.78 Å². The second kappa shape index (κ2) is 8.48. The van der Waals surface area contributed by atoms with E-state index in [1.54, 1.807) is 13.3 Å². The quantitative estimate of drug-likeness (QED) is 0.813. The SMILES string of the molecule is COCCNC(=O)c1cncc(N2CCN(c3ccccc3)CC2)c1. The molecule has 1 aliphatic rings. The molecule has 0 saturated carbocycles. The number of pyridine rings is 1. The van der Waals surface area contributed by atoms with Crippen LogP contribution in [0.3, 0.4) is 0 Å². The van der Waals surface area contributed by atoms with Gasteiger partial charge < -0.3 is 19.9 Å². The van der Waals surface area contributed by atoms with E-state index >= 15 is 0 Å². The van der Waals surface area contributed by atoms with Gasteiger partial charge in [0.2, 0.25) is 0 Å². The first-order chi connectivity index (χ1) is 12.3. The average molecular weight is 340 g/mol. The third kappa shape index (κ3) is 4.48. The lowest BCUT2D eigenvalue weighted by Gasteiger charge is -2.37. The number of hydrogen-bond donors (Lipinski definition) is 1. The van der Waals surface area contributed by atoms with Crippen molar-refractivity contribution in [2.75, 3.05) is 56.2 Å². The molecule has 3 rings (SSSR count). The fourth-order valence-electron chi connectivity index (χ4n) is 2.96. The summed E-state index contributed by atoms with van der Waals surface area (Å²) in [4.78, 5) is 21.1. The van der Waals surface area contributed by atoms with Crippen LogP contribution < -0.4 is 15.1 Å². The minimum Gasteiger partial charge on any atom is -0.383 e. The number of ether oxygens (including phenoxy) is 1. The fraction of sp³-hybridized carbons (Fsp3) is 0.368. The number of rotatable bonds is 6. The van der Waals surface area contributed by atoms with Gasteiger partial charge in [-0.15, -0.1) is 0 Å². The largest absolute Gasteiger partial charge is 0.383 e. The molecule has 1 aromatic carbocycles. The van der Waals surface area contributed by atoms with Crippen LogP contribution in [0.25, 0.3) is 0 Å². The van der Waals surface area contributed by atoms with E-state index in [9.17, 15) is 4.79 Å². The Morgan fingerprint density at radius 1 is 1.08 bits per heavy atom. The van der Waals surface area contributed by atoms with Gasteiger partial charge >= 0.3 is 0 Å². The number of aromatic nitrogens is 1. The number of benzene rings is 1. The zero-order valence-electron chi connectivity index (χ0n) is 14.5. The number of piperazine rings is 1. The van der Waals surface area contributed by atoms with E-state index in [1.807, 2.05) is 18.3 Å². The van der Waals surface area contributed by atoms with Gasteiger partial charge in [-0.25, -0.2) is 0 Å². The molecule has 0 aliphatic carbocycles. The van der Waals surface area contributed by atoms with E-state index in [-0.39, 0.29) is 5.91 Å². The normalized spacial score (nSPS) is 14.4. The molecule has 0 radical (unpaired) electrons. The highest BCUT2D eigenvalue weighted by Crippen LogP contribution is 2.20. The predicted molar refractivity (Wildman–Crippen MR) is 99.3 cm³/mol. The highest BCUT2D eigenvalue weighted by molar-refractivity contribution is 5.94. The lowest BCUT2D eigenvalue weighted by Crippen LogP contribution is -2.46. The van der Waals surface area contributed by atoms with E-state index in [1.165, 1.54) is 5.69 Å². The lowest BCUT2D eigenvalue weighted by atomic mass is 10.2. The van der Waals surface area contributed by atoms with E-state index in [0.29, 0.717) is 18.7 Å². The summed E-state index contributed by atoms with van der Waals surface area (Å²) < 4.78 is 4.95. The summed E-state index contributed by atoms with van der Waals surface area (Å²) in [6, 6.07) is 12.4. The summed E-state index contributed by atoms with van der Waals surface area (Å²) >= 11 is 0. The maximum absolute atomic E-state index is 12.2. The molecule has 2 aromatic rings. The Bertz CT molecular complexity index is 685. The zero-order chi connectivity index (χ0) is 17.5. The van der Waals surface area contributed by atoms with Crippen LogP contribution in [-0.2, 0) is 4.74 Å². The van der Waals surface area contributed by atoms with E-state index in [0.717, 1.165) is 31.9 Å². The minimum absolute atomic E-state index is 0.116. The van der Waals surface area contributed by atoms with Crippen molar-refractivity contribution in [1.82, 2.24) is 10.3 Å². The van der Waals surface area contributed by atoms with Gasteiger partial charge in [0.25, 0.3) is 5.91 Å². The molecular weight excluding hydrogens is 316 g/mol. The number of methoxy groups -OCH3 is 1. The molecule has 1 N–H and O–H groups in total. The Hall–Kier alpha value is -2.60. The van der Waals surface area contributed by atoms with Gasteiger partial charge in [0.1, 0.15) is 0 Å².